The molecule has 3 aromatic rings. The maximum Gasteiger partial charge on any atom is 0.416 e. The Bertz CT molecular complexity index is 997. The van der Waals surface area contributed by atoms with Crippen LogP contribution >= 0.6 is 11.3 Å². The molecule has 29 heavy (non-hydrogen) atoms. The molecule has 1 saturated carbocycles. The summed E-state index contributed by atoms with van der Waals surface area (Å²) >= 11 is 1.12. The van der Waals surface area contributed by atoms with E-state index in [1.807, 2.05) is 6.07 Å². The number of anilines is 1. The normalized spacial score (nSPS) is 15.6. The molecular formula is C21H20F3N3OS. The molecule has 0 atom stereocenters. The molecule has 0 saturated heterocycles. The minimum absolute atomic E-state index is 0.0105. The van der Waals surface area contributed by atoms with Crippen molar-refractivity contribution in [1.29, 1.82) is 0 Å². The van der Waals surface area contributed by atoms with E-state index in [-0.39, 0.29) is 11.8 Å². The molecule has 0 bridgehead atoms. The van der Waals surface area contributed by atoms with Crippen LogP contribution in [0.2, 0.25) is 0 Å². The number of hydrogen-bond donors (Lipinski definition) is 0. The summed E-state index contributed by atoms with van der Waals surface area (Å²) in [6.07, 6.45) is 3.79. The number of pyridine rings is 1. The molecule has 0 N–H and O–H groups in total. The number of aromatic nitrogens is 2. The van der Waals surface area contributed by atoms with Gasteiger partial charge >= 0.3 is 6.18 Å². The predicted molar refractivity (Wildman–Crippen MR) is 107 cm³/mol. The van der Waals surface area contributed by atoms with Crippen molar-refractivity contribution in [3.8, 4) is 0 Å². The van der Waals surface area contributed by atoms with E-state index in [0.29, 0.717) is 21.9 Å². The number of hydrogen-bond acceptors (Lipinski definition) is 4. The number of nitrogens with zero attached hydrogens (tertiary/aromatic N) is 3. The lowest BCUT2D eigenvalue weighted by Gasteiger charge is -2.27. The number of halogens is 3. The largest absolute Gasteiger partial charge is 0.416 e. The van der Waals surface area contributed by atoms with Crippen LogP contribution in [0.5, 0.6) is 0 Å². The summed E-state index contributed by atoms with van der Waals surface area (Å²) in [5.41, 5.74) is 0.607. The van der Waals surface area contributed by atoms with Gasteiger partial charge in [-0.1, -0.05) is 36.7 Å². The Hall–Kier alpha value is -2.48. The Balaban J connectivity index is 1.70. The molecule has 1 aliphatic rings. The number of thiazole rings is 1. The average molecular weight is 419 g/mol. The molecule has 1 amide bonds. The van der Waals surface area contributed by atoms with E-state index >= 15 is 0 Å². The summed E-state index contributed by atoms with van der Waals surface area (Å²) in [5, 5.41) is 0.429. The van der Waals surface area contributed by atoms with E-state index < -0.39 is 11.7 Å². The maximum atomic E-state index is 13.3. The van der Waals surface area contributed by atoms with E-state index in [0.717, 1.165) is 61.1 Å². The molecule has 0 spiro atoms. The summed E-state index contributed by atoms with van der Waals surface area (Å²) in [4.78, 5) is 23.5. The first-order chi connectivity index (χ1) is 13.9. The van der Waals surface area contributed by atoms with Crippen LogP contribution in [0.4, 0.5) is 18.3 Å². The van der Waals surface area contributed by atoms with Crippen molar-refractivity contribution in [2.24, 2.45) is 5.92 Å². The molecular weight excluding hydrogens is 399 g/mol. The summed E-state index contributed by atoms with van der Waals surface area (Å²) < 4.78 is 39.6. The van der Waals surface area contributed by atoms with Crippen molar-refractivity contribution >= 4 is 32.6 Å². The number of carbonyl (C=O) groups is 1. The van der Waals surface area contributed by atoms with Crippen LogP contribution in [-0.4, -0.2) is 15.9 Å². The minimum atomic E-state index is -4.41. The van der Waals surface area contributed by atoms with Gasteiger partial charge in [0, 0.05) is 18.3 Å². The van der Waals surface area contributed by atoms with Crippen LogP contribution in [0, 0.1) is 5.92 Å². The van der Waals surface area contributed by atoms with Gasteiger partial charge in [-0.25, -0.2) is 4.98 Å². The van der Waals surface area contributed by atoms with E-state index in [9.17, 15) is 18.0 Å². The Morgan fingerprint density at radius 2 is 1.97 bits per heavy atom. The van der Waals surface area contributed by atoms with Gasteiger partial charge in [0.2, 0.25) is 5.91 Å². The third-order valence-corrected chi connectivity index (χ3v) is 6.26. The molecule has 1 aromatic carbocycles. The summed E-state index contributed by atoms with van der Waals surface area (Å²) in [5.74, 6) is -0.0816. The zero-order valence-corrected chi connectivity index (χ0v) is 16.5. The van der Waals surface area contributed by atoms with Crippen molar-refractivity contribution in [2.75, 3.05) is 4.90 Å². The van der Waals surface area contributed by atoms with Gasteiger partial charge in [0.15, 0.2) is 5.13 Å². The van der Waals surface area contributed by atoms with E-state index in [1.165, 1.54) is 6.07 Å². The molecule has 8 heteroatoms. The summed E-state index contributed by atoms with van der Waals surface area (Å²) in [6, 6.07) is 7.17. The highest BCUT2D eigenvalue weighted by atomic mass is 32.1. The van der Waals surface area contributed by atoms with Crippen LogP contribution in [0.15, 0.2) is 42.7 Å². The summed E-state index contributed by atoms with van der Waals surface area (Å²) in [6.45, 7) is 0.301. The highest BCUT2D eigenvalue weighted by Crippen LogP contribution is 2.37. The van der Waals surface area contributed by atoms with Crippen LogP contribution in [-0.2, 0) is 17.5 Å². The molecule has 1 fully saturated rings. The molecule has 0 aliphatic heterocycles. The highest BCUT2D eigenvalue weighted by molar-refractivity contribution is 7.22. The Kier molecular flexibility index (Phi) is 5.54. The standard InChI is InChI=1S/C21H20F3N3OS/c22-21(23,24)16-8-9-17-18(11-16)29-20(26-17)27(13-14-5-4-10-25-12-14)19(28)15-6-2-1-3-7-15/h4-5,8-12,15H,1-3,6-7,13H2. The van der Waals surface area contributed by atoms with Gasteiger partial charge in [-0.3, -0.25) is 14.7 Å². The van der Waals surface area contributed by atoms with E-state index in [4.69, 9.17) is 0 Å². The Morgan fingerprint density at radius 3 is 2.66 bits per heavy atom. The van der Waals surface area contributed by atoms with Gasteiger partial charge in [0.1, 0.15) is 0 Å². The van der Waals surface area contributed by atoms with Crippen molar-refractivity contribution < 1.29 is 18.0 Å². The number of rotatable bonds is 4. The van der Waals surface area contributed by atoms with Gasteiger partial charge in [0.25, 0.3) is 0 Å². The van der Waals surface area contributed by atoms with Gasteiger partial charge < -0.3 is 0 Å². The number of carbonyl (C=O) groups excluding carboxylic acids is 1. The molecule has 152 valence electrons. The maximum absolute atomic E-state index is 13.3. The Labute approximate surface area is 170 Å². The van der Waals surface area contributed by atoms with Crippen LogP contribution in [0.1, 0.15) is 43.2 Å². The fourth-order valence-electron chi connectivity index (χ4n) is 3.69. The smallest absolute Gasteiger partial charge is 0.283 e. The lowest BCUT2D eigenvalue weighted by atomic mass is 9.88. The van der Waals surface area contributed by atoms with Crippen molar-refractivity contribution in [3.05, 3.63) is 53.9 Å². The van der Waals surface area contributed by atoms with Gasteiger partial charge in [-0.2, -0.15) is 13.2 Å². The second-order valence-electron chi connectivity index (χ2n) is 7.30. The fraction of sp³-hybridized carbons (Fsp3) is 0.381. The number of fused-ring (bicyclic) bond motifs is 1. The number of benzene rings is 1. The summed E-state index contributed by atoms with van der Waals surface area (Å²) in [7, 11) is 0. The zero-order valence-electron chi connectivity index (χ0n) is 15.7. The molecule has 4 rings (SSSR count). The molecule has 1 aliphatic carbocycles. The second-order valence-corrected chi connectivity index (χ2v) is 8.31. The first kappa shape index (κ1) is 19.8. The molecule has 0 unspecified atom stereocenters. The number of amides is 1. The fourth-order valence-corrected chi connectivity index (χ4v) is 4.70. The van der Waals surface area contributed by atoms with Crippen molar-refractivity contribution in [3.63, 3.8) is 0 Å². The van der Waals surface area contributed by atoms with E-state index in [2.05, 4.69) is 9.97 Å². The first-order valence-corrected chi connectivity index (χ1v) is 10.4. The lowest BCUT2D eigenvalue weighted by molar-refractivity contribution is -0.137. The topological polar surface area (TPSA) is 46.1 Å². The van der Waals surface area contributed by atoms with E-state index in [1.54, 1.807) is 23.4 Å². The second kappa shape index (κ2) is 8.10. The monoisotopic (exact) mass is 419 g/mol. The van der Waals surface area contributed by atoms with Gasteiger partial charge in [-0.05, 0) is 42.7 Å². The molecule has 2 heterocycles. The van der Waals surface area contributed by atoms with Gasteiger partial charge in [-0.15, -0.1) is 0 Å². The third-order valence-electron chi connectivity index (χ3n) is 5.22. The molecule has 4 nitrogen and oxygen atoms in total. The SMILES string of the molecule is O=C(C1CCCCC1)N(Cc1cccnc1)c1nc2ccc(C(F)(F)F)cc2s1. The molecule has 0 radical (unpaired) electrons. The minimum Gasteiger partial charge on any atom is -0.283 e. The highest BCUT2D eigenvalue weighted by Gasteiger charge is 2.32. The van der Waals surface area contributed by atoms with Crippen LogP contribution < -0.4 is 4.90 Å². The van der Waals surface area contributed by atoms with Crippen molar-refractivity contribution in [2.45, 2.75) is 44.8 Å². The zero-order chi connectivity index (χ0) is 20.4. The average Bonchev–Trinajstić information content (AvgIpc) is 3.15. The van der Waals surface area contributed by atoms with Crippen LogP contribution in [0.3, 0.4) is 0 Å². The molecule has 2 aromatic heterocycles. The quantitative estimate of drug-likeness (QED) is 0.535. The number of alkyl halides is 3. The van der Waals surface area contributed by atoms with Crippen molar-refractivity contribution in [1.82, 2.24) is 9.97 Å². The third kappa shape index (κ3) is 4.42. The lowest BCUT2D eigenvalue weighted by Crippen LogP contribution is -2.36. The van der Waals surface area contributed by atoms with Gasteiger partial charge in [0.05, 0.1) is 22.3 Å². The Morgan fingerprint density at radius 1 is 1.17 bits per heavy atom. The first-order valence-electron chi connectivity index (χ1n) is 9.60. The predicted octanol–water partition coefficient (Wildman–Crippen LogP) is 5.82. The van der Waals surface area contributed by atoms with Crippen LogP contribution in [0.25, 0.3) is 10.2 Å².